The molecule has 3 aromatic rings. The van der Waals surface area contributed by atoms with Crippen LogP contribution in [0.4, 0.5) is 5.82 Å². The number of anilines is 1. The quantitative estimate of drug-likeness (QED) is 0.766. The highest BCUT2D eigenvalue weighted by atomic mass is 35.5. The molecule has 1 amide bonds. The molecule has 1 aliphatic heterocycles. The van der Waals surface area contributed by atoms with E-state index in [1.807, 2.05) is 24.3 Å². The summed E-state index contributed by atoms with van der Waals surface area (Å²) >= 11 is 6.00. The van der Waals surface area contributed by atoms with E-state index in [0.29, 0.717) is 35.6 Å². The first kappa shape index (κ1) is 14.8. The summed E-state index contributed by atoms with van der Waals surface area (Å²) < 4.78 is 11.0. The number of carbonyl (C=O) groups is 1. The van der Waals surface area contributed by atoms with E-state index in [9.17, 15) is 4.79 Å². The molecule has 0 radical (unpaired) electrons. The monoisotopic (exact) mass is 343 g/mol. The molecular weight excluding hydrogens is 330 g/mol. The van der Waals surface area contributed by atoms with Crippen LogP contribution in [0.25, 0.3) is 10.9 Å². The lowest BCUT2D eigenvalue weighted by Gasteiger charge is -2.18. The van der Waals surface area contributed by atoms with Gasteiger partial charge in [0.2, 0.25) is 5.91 Å². The minimum Gasteiger partial charge on any atom is -0.486 e. The molecular formula is C17H14ClN3O3. The van der Waals surface area contributed by atoms with Gasteiger partial charge in [-0.3, -0.25) is 9.89 Å². The number of aromatic amines is 1. The van der Waals surface area contributed by atoms with Crippen LogP contribution < -0.4 is 14.8 Å². The smallest absolute Gasteiger partial charge is 0.230 e. The number of rotatable bonds is 3. The number of fused-ring (bicyclic) bond motifs is 2. The van der Waals surface area contributed by atoms with E-state index < -0.39 is 0 Å². The van der Waals surface area contributed by atoms with Gasteiger partial charge in [-0.1, -0.05) is 17.7 Å². The van der Waals surface area contributed by atoms with E-state index in [0.717, 1.165) is 16.5 Å². The Balaban J connectivity index is 1.51. The van der Waals surface area contributed by atoms with E-state index >= 15 is 0 Å². The highest BCUT2D eigenvalue weighted by molar-refractivity contribution is 6.31. The maximum Gasteiger partial charge on any atom is 0.230 e. The molecule has 1 aliphatic rings. The molecule has 1 aromatic heterocycles. The zero-order chi connectivity index (χ0) is 16.5. The summed E-state index contributed by atoms with van der Waals surface area (Å²) in [7, 11) is 0. The highest BCUT2D eigenvalue weighted by Crippen LogP contribution is 2.31. The molecule has 0 unspecified atom stereocenters. The Bertz CT molecular complexity index is 923. The van der Waals surface area contributed by atoms with E-state index in [1.54, 1.807) is 12.1 Å². The average molecular weight is 344 g/mol. The van der Waals surface area contributed by atoms with Gasteiger partial charge in [-0.2, -0.15) is 5.10 Å². The van der Waals surface area contributed by atoms with Crippen LogP contribution in [0.2, 0.25) is 5.02 Å². The first-order valence-electron chi connectivity index (χ1n) is 7.51. The SMILES string of the molecule is O=C(Cc1ccc2c(c1)OCCO2)Nc1n[nH]c2ccc(Cl)cc12. The molecule has 2 N–H and O–H groups in total. The van der Waals surface area contributed by atoms with Gasteiger partial charge in [0.25, 0.3) is 0 Å². The number of nitrogens with zero attached hydrogens (tertiary/aromatic N) is 1. The lowest BCUT2D eigenvalue weighted by atomic mass is 10.1. The predicted molar refractivity (Wildman–Crippen MR) is 90.9 cm³/mol. The lowest BCUT2D eigenvalue weighted by Crippen LogP contribution is -2.17. The van der Waals surface area contributed by atoms with Crippen LogP contribution in [0.3, 0.4) is 0 Å². The van der Waals surface area contributed by atoms with Crippen LogP contribution in [0.1, 0.15) is 5.56 Å². The van der Waals surface area contributed by atoms with E-state index in [1.165, 1.54) is 0 Å². The fourth-order valence-electron chi connectivity index (χ4n) is 2.64. The second-order valence-corrected chi connectivity index (χ2v) is 5.90. The number of amides is 1. The number of hydrogen-bond acceptors (Lipinski definition) is 4. The van der Waals surface area contributed by atoms with Crippen molar-refractivity contribution in [3.8, 4) is 11.5 Å². The average Bonchev–Trinajstić information content (AvgIpc) is 2.97. The number of carbonyl (C=O) groups excluding carboxylic acids is 1. The van der Waals surface area contributed by atoms with Crippen LogP contribution in [0.5, 0.6) is 11.5 Å². The third-order valence-corrected chi connectivity index (χ3v) is 3.99. The van der Waals surface area contributed by atoms with Gasteiger partial charge in [0, 0.05) is 10.4 Å². The Morgan fingerprint density at radius 3 is 2.88 bits per heavy atom. The first-order valence-corrected chi connectivity index (χ1v) is 7.89. The van der Waals surface area contributed by atoms with Crippen LogP contribution in [0, 0.1) is 0 Å². The largest absolute Gasteiger partial charge is 0.486 e. The van der Waals surface area contributed by atoms with E-state index in [4.69, 9.17) is 21.1 Å². The van der Waals surface area contributed by atoms with Crippen LogP contribution in [-0.4, -0.2) is 29.3 Å². The molecule has 2 heterocycles. The maximum atomic E-state index is 12.3. The van der Waals surface area contributed by atoms with Crippen molar-refractivity contribution < 1.29 is 14.3 Å². The molecule has 0 aliphatic carbocycles. The van der Waals surface area contributed by atoms with Crippen LogP contribution in [-0.2, 0) is 11.2 Å². The molecule has 0 fully saturated rings. The normalized spacial score (nSPS) is 13.0. The van der Waals surface area contributed by atoms with Crippen molar-refractivity contribution in [2.45, 2.75) is 6.42 Å². The van der Waals surface area contributed by atoms with Crippen molar-refractivity contribution in [2.75, 3.05) is 18.5 Å². The standard InChI is InChI=1S/C17H14ClN3O3/c18-11-2-3-13-12(9-11)17(21-20-13)19-16(22)8-10-1-4-14-15(7-10)24-6-5-23-14/h1-4,7,9H,5-6,8H2,(H2,19,20,21,22). The zero-order valence-corrected chi connectivity index (χ0v) is 13.4. The van der Waals surface area contributed by atoms with E-state index in [2.05, 4.69) is 15.5 Å². The molecule has 0 bridgehead atoms. The van der Waals surface area contributed by atoms with Gasteiger partial charge >= 0.3 is 0 Å². The Hall–Kier alpha value is -2.73. The summed E-state index contributed by atoms with van der Waals surface area (Å²) in [5, 5.41) is 11.2. The van der Waals surface area contributed by atoms with Gasteiger partial charge in [0.1, 0.15) is 13.2 Å². The van der Waals surface area contributed by atoms with Gasteiger partial charge < -0.3 is 14.8 Å². The first-order chi connectivity index (χ1) is 11.7. The van der Waals surface area contributed by atoms with Crippen LogP contribution in [0.15, 0.2) is 36.4 Å². The molecule has 0 spiro atoms. The Morgan fingerprint density at radius 1 is 1.17 bits per heavy atom. The molecule has 6 nitrogen and oxygen atoms in total. The minimum absolute atomic E-state index is 0.167. The van der Waals surface area contributed by atoms with Crippen molar-refractivity contribution in [1.82, 2.24) is 10.2 Å². The number of halogens is 1. The zero-order valence-electron chi connectivity index (χ0n) is 12.6. The minimum atomic E-state index is -0.167. The van der Waals surface area contributed by atoms with Crippen molar-refractivity contribution in [3.63, 3.8) is 0 Å². The van der Waals surface area contributed by atoms with Crippen molar-refractivity contribution in [3.05, 3.63) is 47.0 Å². The van der Waals surface area contributed by atoms with Gasteiger partial charge in [-0.05, 0) is 35.9 Å². The number of aromatic nitrogens is 2. The van der Waals surface area contributed by atoms with Crippen molar-refractivity contribution >= 4 is 34.2 Å². The molecule has 0 atom stereocenters. The molecule has 122 valence electrons. The van der Waals surface area contributed by atoms with Crippen molar-refractivity contribution in [2.24, 2.45) is 0 Å². The number of nitrogens with one attached hydrogen (secondary N) is 2. The molecule has 24 heavy (non-hydrogen) atoms. The topological polar surface area (TPSA) is 76.2 Å². The Kier molecular flexibility index (Phi) is 3.74. The molecule has 0 saturated carbocycles. The second kappa shape index (κ2) is 6.05. The number of hydrogen-bond donors (Lipinski definition) is 2. The summed E-state index contributed by atoms with van der Waals surface area (Å²) in [4.78, 5) is 12.3. The molecule has 7 heteroatoms. The molecule has 0 saturated heterocycles. The summed E-state index contributed by atoms with van der Waals surface area (Å²) in [6.45, 7) is 1.06. The predicted octanol–water partition coefficient (Wildman–Crippen LogP) is 3.17. The number of ether oxygens (including phenoxy) is 2. The second-order valence-electron chi connectivity index (χ2n) is 5.47. The highest BCUT2D eigenvalue weighted by Gasteiger charge is 2.14. The van der Waals surface area contributed by atoms with Gasteiger partial charge in [-0.25, -0.2) is 0 Å². The van der Waals surface area contributed by atoms with Crippen LogP contribution >= 0.6 is 11.6 Å². The summed E-state index contributed by atoms with van der Waals surface area (Å²) in [6.07, 6.45) is 0.214. The molecule has 4 rings (SSSR count). The number of H-pyrrole nitrogens is 1. The van der Waals surface area contributed by atoms with E-state index in [-0.39, 0.29) is 12.3 Å². The van der Waals surface area contributed by atoms with Gasteiger partial charge in [0.05, 0.1) is 11.9 Å². The molecule has 2 aromatic carbocycles. The Labute approximate surface area is 142 Å². The summed E-state index contributed by atoms with van der Waals surface area (Å²) in [5.41, 5.74) is 1.66. The van der Waals surface area contributed by atoms with Gasteiger partial charge in [-0.15, -0.1) is 0 Å². The fraction of sp³-hybridized carbons (Fsp3) is 0.176. The third-order valence-electron chi connectivity index (χ3n) is 3.75. The maximum absolute atomic E-state index is 12.3. The summed E-state index contributed by atoms with van der Waals surface area (Å²) in [6, 6.07) is 10.9. The third kappa shape index (κ3) is 2.88. The number of benzene rings is 2. The van der Waals surface area contributed by atoms with Gasteiger partial charge in [0.15, 0.2) is 17.3 Å². The lowest BCUT2D eigenvalue weighted by molar-refractivity contribution is -0.115. The fourth-order valence-corrected chi connectivity index (χ4v) is 2.81. The summed E-state index contributed by atoms with van der Waals surface area (Å²) in [5.74, 6) is 1.68. The Morgan fingerprint density at radius 2 is 2.00 bits per heavy atom. The van der Waals surface area contributed by atoms with Crippen molar-refractivity contribution in [1.29, 1.82) is 0 Å².